The van der Waals surface area contributed by atoms with Crippen LogP contribution in [-0.2, 0) is 17.8 Å². The normalized spacial score (nSPS) is 14.5. The third-order valence-electron chi connectivity index (χ3n) is 3.15. The van der Waals surface area contributed by atoms with Gasteiger partial charge in [-0.2, -0.15) is 5.10 Å². The summed E-state index contributed by atoms with van der Waals surface area (Å²) in [5, 5.41) is 13.4. The first-order valence-electron chi connectivity index (χ1n) is 6.91. The van der Waals surface area contributed by atoms with E-state index in [-0.39, 0.29) is 18.3 Å². The molecule has 0 unspecified atom stereocenters. The highest BCUT2D eigenvalue weighted by Gasteiger charge is 2.35. The molecule has 0 radical (unpaired) electrons. The molecule has 1 aliphatic heterocycles. The lowest BCUT2D eigenvalue weighted by molar-refractivity contribution is 0.0235. The maximum absolute atomic E-state index is 12.1. The third kappa shape index (κ3) is 3.01. The predicted octanol–water partition coefficient (Wildman–Crippen LogP) is 2.41. The summed E-state index contributed by atoms with van der Waals surface area (Å²) < 4.78 is 7.00. The molecule has 7 nitrogen and oxygen atoms in total. The Bertz CT molecular complexity index is 584. The molecule has 0 bridgehead atoms. The molecule has 116 valence electrons. The highest BCUT2D eigenvalue weighted by Crippen LogP contribution is 2.29. The molecule has 1 aromatic heterocycles. The van der Waals surface area contributed by atoms with Gasteiger partial charge < -0.3 is 9.84 Å². The quantitative estimate of drug-likeness (QED) is 0.905. The van der Waals surface area contributed by atoms with Crippen molar-refractivity contribution in [2.24, 2.45) is 0 Å². The molecular formula is C14H21N3O4. The molecule has 1 N–H and O–H groups in total. The lowest BCUT2D eigenvalue weighted by Crippen LogP contribution is -2.34. The fourth-order valence-electron chi connectivity index (χ4n) is 2.32. The zero-order chi connectivity index (χ0) is 15.9. The molecule has 1 amide bonds. The van der Waals surface area contributed by atoms with E-state index in [1.54, 1.807) is 25.5 Å². The number of fused-ring (bicyclic) bond motifs is 1. The average Bonchev–Trinajstić information content (AvgIpc) is 2.82. The summed E-state index contributed by atoms with van der Waals surface area (Å²) in [5.74, 6) is -1.07. The number of carboxylic acid groups (broad SMARTS) is 1. The molecule has 21 heavy (non-hydrogen) atoms. The summed E-state index contributed by atoms with van der Waals surface area (Å²) in [4.78, 5) is 24.9. The standard InChI is InChI=1S/C14H21N3O4/c1-8(2)17-10-7-16(13(20)21-14(3,4)5)6-9(10)11(15-17)12(18)19/h8H,6-7H2,1-5H3,(H,18,19). The summed E-state index contributed by atoms with van der Waals surface area (Å²) in [6, 6.07) is 0.0328. The van der Waals surface area contributed by atoms with Gasteiger partial charge in [0.1, 0.15) is 5.60 Å². The monoisotopic (exact) mass is 295 g/mol. The van der Waals surface area contributed by atoms with E-state index in [9.17, 15) is 14.7 Å². The van der Waals surface area contributed by atoms with Crippen LogP contribution in [0.25, 0.3) is 0 Å². The first kappa shape index (κ1) is 15.3. The maximum atomic E-state index is 12.1. The van der Waals surface area contributed by atoms with Crippen molar-refractivity contribution in [1.82, 2.24) is 14.7 Å². The molecule has 1 aromatic rings. The number of nitrogens with zero attached hydrogens (tertiary/aromatic N) is 3. The molecule has 0 fully saturated rings. The van der Waals surface area contributed by atoms with Crippen molar-refractivity contribution in [3.63, 3.8) is 0 Å². The van der Waals surface area contributed by atoms with E-state index in [2.05, 4.69) is 5.10 Å². The molecular weight excluding hydrogens is 274 g/mol. The van der Waals surface area contributed by atoms with E-state index in [1.807, 2.05) is 13.8 Å². The lowest BCUT2D eigenvalue weighted by atomic mass is 10.2. The van der Waals surface area contributed by atoms with Gasteiger partial charge in [0.25, 0.3) is 0 Å². The molecule has 7 heteroatoms. The summed E-state index contributed by atoms with van der Waals surface area (Å²) in [7, 11) is 0. The molecule has 0 aromatic carbocycles. The average molecular weight is 295 g/mol. The van der Waals surface area contributed by atoms with Gasteiger partial charge in [-0.1, -0.05) is 0 Å². The van der Waals surface area contributed by atoms with Gasteiger partial charge in [-0.25, -0.2) is 9.59 Å². The van der Waals surface area contributed by atoms with Crippen LogP contribution in [0.15, 0.2) is 0 Å². The number of rotatable bonds is 2. The Hall–Kier alpha value is -2.05. The molecule has 1 aliphatic rings. The van der Waals surface area contributed by atoms with Crippen LogP contribution in [0.4, 0.5) is 4.79 Å². The molecule has 0 aliphatic carbocycles. The van der Waals surface area contributed by atoms with Crippen molar-refractivity contribution < 1.29 is 19.4 Å². The van der Waals surface area contributed by atoms with Crippen LogP contribution in [0.3, 0.4) is 0 Å². The second-order valence-electron chi connectivity index (χ2n) is 6.45. The first-order chi connectivity index (χ1) is 9.60. The third-order valence-corrected chi connectivity index (χ3v) is 3.15. The number of carbonyl (C=O) groups excluding carboxylic acids is 1. The summed E-state index contributed by atoms with van der Waals surface area (Å²) >= 11 is 0. The van der Waals surface area contributed by atoms with Crippen LogP contribution in [0.5, 0.6) is 0 Å². The van der Waals surface area contributed by atoms with Gasteiger partial charge in [0.15, 0.2) is 5.69 Å². The zero-order valence-electron chi connectivity index (χ0n) is 13.0. The molecule has 0 saturated carbocycles. The van der Waals surface area contributed by atoms with Crippen molar-refractivity contribution >= 4 is 12.1 Å². The maximum Gasteiger partial charge on any atom is 0.410 e. The van der Waals surface area contributed by atoms with Gasteiger partial charge in [0.05, 0.1) is 18.8 Å². The Morgan fingerprint density at radius 1 is 1.29 bits per heavy atom. The van der Waals surface area contributed by atoms with E-state index in [0.29, 0.717) is 12.1 Å². The molecule has 0 saturated heterocycles. The number of ether oxygens (including phenoxy) is 1. The summed E-state index contributed by atoms with van der Waals surface area (Å²) in [5.41, 5.74) is 0.811. The van der Waals surface area contributed by atoms with Crippen LogP contribution in [0.1, 0.15) is 62.4 Å². The fraction of sp³-hybridized carbons (Fsp3) is 0.643. The van der Waals surface area contributed by atoms with Gasteiger partial charge in [-0.15, -0.1) is 0 Å². The summed E-state index contributed by atoms with van der Waals surface area (Å²) in [6.07, 6.45) is -0.439. The Kier molecular flexibility index (Phi) is 3.69. The smallest absolute Gasteiger partial charge is 0.410 e. The van der Waals surface area contributed by atoms with E-state index >= 15 is 0 Å². The molecule has 0 spiro atoms. The molecule has 2 rings (SSSR count). The number of aromatic carboxylic acids is 1. The van der Waals surface area contributed by atoms with Crippen LogP contribution < -0.4 is 0 Å². The van der Waals surface area contributed by atoms with Crippen molar-refractivity contribution in [1.29, 1.82) is 0 Å². The van der Waals surface area contributed by atoms with E-state index in [1.165, 1.54) is 4.90 Å². The Morgan fingerprint density at radius 3 is 2.38 bits per heavy atom. The Labute approximate surface area is 123 Å². The first-order valence-corrected chi connectivity index (χ1v) is 6.91. The van der Waals surface area contributed by atoms with Crippen molar-refractivity contribution in [2.75, 3.05) is 0 Å². The van der Waals surface area contributed by atoms with Gasteiger partial charge in [0.2, 0.25) is 0 Å². The number of carboxylic acids is 1. The van der Waals surface area contributed by atoms with Crippen LogP contribution in [0, 0.1) is 0 Å². The van der Waals surface area contributed by atoms with Gasteiger partial charge in [0, 0.05) is 11.6 Å². The van der Waals surface area contributed by atoms with Crippen LogP contribution in [-0.4, -0.2) is 37.5 Å². The number of hydrogen-bond acceptors (Lipinski definition) is 4. The second kappa shape index (κ2) is 5.05. The zero-order valence-corrected chi connectivity index (χ0v) is 13.0. The highest BCUT2D eigenvalue weighted by molar-refractivity contribution is 5.88. The van der Waals surface area contributed by atoms with Crippen LogP contribution >= 0.6 is 0 Å². The molecule has 0 atom stereocenters. The summed E-state index contributed by atoms with van der Waals surface area (Å²) in [6.45, 7) is 9.79. The minimum absolute atomic E-state index is 0.0183. The number of aromatic nitrogens is 2. The highest BCUT2D eigenvalue weighted by atomic mass is 16.6. The van der Waals surface area contributed by atoms with Gasteiger partial charge in [-0.3, -0.25) is 9.58 Å². The number of carbonyl (C=O) groups is 2. The Morgan fingerprint density at radius 2 is 1.90 bits per heavy atom. The van der Waals surface area contributed by atoms with E-state index < -0.39 is 17.7 Å². The predicted molar refractivity (Wildman–Crippen MR) is 75.1 cm³/mol. The topological polar surface area (TPSA) is 84.7 Å². The van der Waals surface area contributed by atoms with Gasteiger partial charge >= 0.3 is 12.1 Å². The van der Waals surface area contributed by atoms with Crippen molar-refractivity contribution in [3.05, 3.63) is 17.0 Å². The van der Waals surface area contributed by atoms with Crippen molar-refractivity contribution in [2.45, 2.75) is 59.4 Å². The second-order valence-corrected chi connectivity index (χ2v) is 6.45. The minimum atomic E-state index is -1.07. The van der Waals surface area contributed by atoms with Crippen molar-refractivity contribution in [3.8, 4) is 0 Å². The van der Waals surface area contributed by atoms with E-state index in [4.69, 9.17) is 4.74 Å². The SMILES string of the molecule is CC(C)n1nc(C(=O)O)c2c1CN(C(=O)OC(C)(C)C)C2. The van der Waals surface area contributed by atoms with Crippen LogP contribution in [0.2, 0.25) is 0 Å². The Balaban J connectivity index is 2.28. The lowest BCUT2D eigenvalue weighted by Gasteiger charge is -2.24. The number of amides is 1. The fourth-order valence-corrected chi connectivity index (χ4v) is 2.32. The largest absolute Gasteiger partial charge is 0.476 e. The van der Waals surface area contributed by atoms with Gasteiger partial charge in [-0.05, 0) is 34.6 Å². The minimum Gasteiger partial charge on any atom is -0.476 e. The molecule has 2 heterocycles. The number of hydrogen-bond donors (Lipinski definition) is 1. The van der Waals surface area contributed by atoms with E-state index in [0.717, 1.165) is 5.69 Å².